The summed E-state index contributed by atoms with van der Waals surface area (Å²) in [5, 5.41) is 11.2. The smallest absolute Gasteiger partial charge is 0.295 e. The Morgan fingerprint density at radius 3 is 2.38 bits per heavy atom. The van der Waals surface area contributed by atoms with E-state index in [0.717, 1.165) is 11.1 Å². The van der Waals surface area contributed by atoms with E-state index >= 15 is 0 Å². The zero-order chi connectivity index (χ0) is 25.0. The summed E-state index contributed by atoms with van der Waals surface area (Å²) in [6.45, 7) is 8.49. The third kappa shape index (κ3) is 5.09. The van der Waals surface area contributed by atoms with E-state index in [0.29, 0.717) is 42.2 Å². The zero-order valence-electron chi connectivity index (χ0n) is 20.7. The van der Waals surface area contributed by atoms with Gasteiger partial charge in [0.25, 0.3) is 11.7 Å². The highest BCUT2D eigenvalue weighted by Crippen LogP contribution is 2.42. The van der Waals surface area contributed by atoms with Gasteiger partial charge in [-0.1, -0.05) is 18.2 Å². The number of rotatable bonds is 9. The Morgan fingerprint density at radius 2 is 1.76 bits per heavy atom. The van der Waals surface area contributed by atoms with Gasteiger partial charge >= 0.3 is 0 Å². The van der Waals surface area contributed by atoms with Gasteiger partial charge < -0.3 is 24.2 Å². The number of nitrogens with zero attached hydrogens (tertiary/aromatic N) is 1. The van der Waals surface area contributed by atoms with Crippen LogP contribution in [0.3, 0.4) is 0 Å². The van der Waals surface area contributed by atoms with Crippen molar-refractivity contribution >= 4 is 17.4 Å². The van der Waals surface area contributed by atoms with Crippen molar-refractivity contribution in [2.45, 2.75) is 46.3 Å². The summed E-state index contributed by atoms with van der Waals surface area (Å²) in [5.41, 5.74) is 3.25. The van der Waals surface area contributed by atoms with E-state index in [1.165, 1.54) is 12.0 Å². The lowest BCUT2D eigenvalue weighted by molar-refractivity contribution is -0.140. The molecule has 1 amide bonds. The molecule has 34 heavy (non-hydrogen) atoms. The highest BCUT2D eigenvalue weighted by Gasteiger charge is 2.46. The maximum Gasteiger partial charge on any atom is 0.295 e. The van der Waals surface area contributed by atoms with Crippen molar-refractivity contribution in [3.63, 3.8) is 0 Å². The molecule has 1 unspecified atom stereocenters. The van der Waals surface area contributed by atoms with Crippen LogP contribution in [0.2, 0.25) is 0 Å². The number of Topliss-reactive ketones (excluding diaryl/α,β-unsaturated/α-hetero) is 1. The van der Waals surface area contributed by atoms with Crippen molar-refractivity contribution in [3.05, 3.63) is 64.2 Å². The second kappa shape index (κ2) is 10.7. The van der Waals surface area contributed by atoms with E-state index in [-0.39, 0.29) is 17.4 Å². The molecule has 0 aliphatic carbocycles. The molecule has 1 aliphatic rings. The Balaban J connectivity index is 2.16. The van der Waals surface area contributed by atoms with Crippen LogP contribution < -0.4 is 9.47 Å². The van der Waals surface area contributed by atoms with Crippen LogP contribution in [0, 0.1) is 13.8 Å². The van der Waals surface area contributed by atoms with Gasteiger partial charge in [-0.05, 0) is 69.0 Å². The van der Waals surface area contributed by atoms with Crippen LogP contribution in [0.1, 0.15) is 48.6 Å². The normalized spacial score (nSPS) is 17.5. The first-order valence-electron chi connectivity index (χ1n) is 11.4. The number of aryl methyl sites for hydroxylation is 2. The SMILES string of the molecule is COCCCN1C(=O)C(=O)/C(=C(\O)c2ccc(C)c(C)c2)C1c1ccc(OC(C)C)c(OC)c1. The van der Waals surface area contributed by atoms with E-state index in [2.05, 4.69) is 0 Å². The van der Waals surface area contributed by atoms with Crippen molar-refractivity contribution in [3.8, 4) is 11.5 Å². The molecule has 3 rings (SSSR count). The molecule has 0 saturated carbocycles. The molecule has 1 fully saturated rings. The van der Waals surface area contributed by atoms with Gasteiger partial charge in [0.2, 0.25) is 0 Å². The maximum absolute atomic E-state index is 13.2. The average molecular weight is 468 g/mol. The second-order valence-corrected chi connectivity index (χ2v) is 8.71. The summed E-state index contributed by atoms with van der Waals surface area (Å²) in [6.07, 6.45) is 0.499. The van der Waals surface area contributed by atoms with Crippen molar-refractivity contribution in [1.82, 2.24) is 4.90 Å². The Labute approximate surface area is 200 Å². The minimum Gasteiger partial charge on any atom is -0.507 e. The van der Waals surface area contributed by atoms with Crippen molar-refractivity contribution in [2.24, 2.45) is 0 Å². The largest absolute Gasteiger partial charge is 0.507 e. The van der Waals surface area contributed by atoms with E-state index in [9.17, 15) is 14.7 Å². The van der Waals surface area contributed by atoms with E-state index in [4.69, 9.17) is 14.2 Å². The molecule has 0 radical (unpaired) electrons. The van der Waals surface area contributed by atoms with Gasteiger partial charge in [-0.15, -0.1) is 0 Å². The van der Waals surface area contributed by atoms with Crippen molar-refractivity contribution < 1.29 is 28.9 Å². The lowest BCUT2D eigenvalue weighted by Crippen LogP contribution is -2.31. The van der Waals surface area contributed by atoms with Crippen LogP contribution in [0.15, 0.2) is 42.0 Å². The number of benzene rings is 2. The first-order chi connectivity index (χ1) is 16.2. The number of aliphatic hydroxyl groups is 1. The summed E-state index contributed by atoms with van der Waals surface area (Å²) < 4.78 is 16.5. The van der Waals surface area contributed by atoms with Gasteiger partial charge in [-0.2, -0.15) is 0 Å². The quantitative estimate of drug-likeness (QED) is 0.252. The summed E-state index contributed by atoms with van der Waals surface area (Å²) in [6, 6.07) is 10.0. The molecule has 182 valence electrons. The number of amides is 1. The van der Waals surface area contributed by atoms with Crippen LogP contribution in [-0.4, -0.2) is 55.2 Å². The highest BCUT2D eigenvalue weighted by molar-refractivity contribution is 6.46. The molecule has 1 atom stereocenters. The molecule has 7 heteroatoms. The fourth-order valence-corrected chi connectivity index (χ4v) is 4.09. The van der Waals surface area contributed by atoms with Crippen LogP contribution in [0.25, 0.3) is 5.76 Å². The third-order valence-electron chi connectivity index (χ3n) is 5.93. The first kappa shape index (κ1) is 25.3. The minimum atomic E-state index is -0.763. The third-order valence-corrected chi connectivity index (χ3v) is 5.93. The minimum absolute atomic E-state index is 0.0517. The molecule has 1 N–H and O–H groups in total. The molecule has 1 aliphatic heterocycles. The molecule has 0 spiro atoms. The second-order valence-electron chi connectivity index (χ2n) is 8.71. The number of ketones is 1. The van der Waals surface area contributed by atoms with Crippen LogP contribution in [0.4, 0.5) is 0 Å². The van der Waals surface area contributed by atoms with Crippen molar-refractivity contribution in [2.75, 3.05) is 27.4 Å². The van der Waals surface area contributed by atoms with Crippen molar-refractivity contribution in [1.29, 1.82) is 0 Å². The molecule has 2 aromatic rings. The van der Waals surface area contributed by atoms with E-state index < -0.39 is 17.7 Å². The summed E-state index contributed by atoms with van der Waals surface area (Å²) >= 11 is 0. The van der Waals surface area contributed by atoms with Gasteiger partial charge in [0.05, 0.1) is 24.8 Å². The van der Waals surface area contributed by atoms with E-state index in [1.54, 1.807) is 31.4 Å². The monoisotopic (exact) mass is 467 g/mol. The predicted molar refractivity (Wildman–Crippen MR) is 130 cm³/mol. The lowest BCUT2D eigenvalue weighted by Gasteiger charge is -2.26. The number of likely N-dealkylation sites (tertiary alicyclic amines) is 1. The summed E-state index contributed by atoms with van der Waals surface area (Å²) in [7, 11) is 3.13. The standard InChI is InChI=1S/C27H33NO6/c1-16(2)34-21-11-10-19(15-22(21)33-6)24-23(25(29)20-9-8-17(3)18(4)14-20)26(30)27(31)28(24)12-7-13-32-5/h8-11,14-16,24,29H,7,12-13H2,1-6H3/b25-23-. The number of hydrogen-bond donors (Lipinski definition) is 1. The Bertz CT molecular complexity index is 1100. The number of methoxy groups -OCH3 is 2. The molecular weight excluding hydrogens is 434 g/mol. The molecule has 7 nitrogen and oxygen atoms in total. The first-order valence-corrected chi connectivity index (χ1v) is 11.4. The Morgan fingerprint density at radius 1 is 1.03 bits per heavy atom. The van der Waals surface area contributed by atoms with Gasteiger partial charge in [0, 0.05) is 25.8 Å². The van der Waals surface area contributed by atoms with E-state index in [1.807, 2.05) is 39.8 Å². The molecular formula is C27H33NO6. The highest BCUT2D eigenvalue weighted by atomic mass is 16.5. The topological polar surface area (TPSA) is 85.3 Å². The molecule has 0 bridgehead atoms. The lowest BCUT2D eigenvalue weighted by atomic mass is 9.94. The molecule has 0 aromatic heterocycles. The van der Waals surface area contributed by atoms with Crippen LogP contribution in [-0.2, 0) is 14.3 Å². The van der Waals surface area contributed by atoms with Crippen LogP contribution in [0.5, 0.6) is 11.5 Å². The molecule has 1 saturated heterocycles. The number of carbonyl (C=O) groups is 2. The number of carbonyl (C=O) groups excluding carboxylic acids is 2. The Hall–Kier alpha value is -3.32. The average Bonchev–Trinajstić information content (AvgIpc) is 3.05. The maximum atomic E-state index is 13.2. The zero-order valence-corrected chi connectivity index (χ0v) is 20.7. The number of hydrogen-bond acceptors (Lipinski definition) is 6. The number of ether oxygens (including phenoxy) is 3. The fourth-order valence-electron chi connectivity index (χ4n) is 4.09. The van der Waals surface area contributed by atoms with Crippen LogP contribution >= 0.6 is 0 Å². The number of aliphatic hydroxyl groups excluding tert-OH is 1. The van der Waals surface area contributed by atoms with Gasteiger partial charge in [0.15, 0.2) is 11.5 Å². The predicted octanol–water partition coefficient (Wildman–Crippen LogP) is 4.56. The summed E-state index contributed by atoms with van der Waals surface area (Å²) in [5.74, 6) is -0.499. The van der Waals surface area contributed by atoms with Gasteiger partial charge in [-0.25, -0.2) is 0 Å². The van der Waals surface area contributed by atoms with Gasteiger partial charge in [0.1, 0.15) is 5.76 Å². The molecule has 1 heterocycles. The fraction of sp³-hybridized carbons (Fsp3) is 0.407. The molecule has 2 aromatic carbocycles. The summed E-state index contributed by atoms with van der Waals surface area (Å²) in [4.78, 5) is 27.7. The Kier molecular flexibility index (Phi) is 7.99. The van der Waals surface area contributed by atoms with Gasteiger partial charge in [-0.3, -0.25) is 9.59 Å².